The molecule has 30 heavy (non-hydrogen) atoms. The third-order valence-corrected chi connectivity index (χ3v) is 4.92. The molecule has 1 aliphatic rings. The van der Waals surface area contributed by atoms with Crippen LogP contribution in [0.4, 0.5) is 0 Å². The van der Waals surface area contributed by atoms with Crippen LogP contribution in [-0.2, 0) is 23.3 Å². The van der Waals surface area contributed by atoms with Gasteiger partial charge in [-0.2, -0.15) is 17.2 Å². The van der Waals surface area contributed by atoms with Gasteiger partial charge < -0.3 is 19.3 Å². The number of rotatable bonds is 1. The van der Waals surface area contributed by atoms with Crippen LogP contribution in [0.25, 0.3) is 22.1 Å². The van der Waals surface area contributed by atoms with Crippen LogP contribution in [0.1, 0.15) is 33.3 Å². The van der Waals surface area contributed by atoms with E-state index in [1.807, 2.05) is 12.1 Å². The number of benzene rings is 1. The van der Waals surface area contributed by atoms with Gasteiger partial charge in [0.15, 0.2) is 0 Å². The predicted molar refractivity (Wildman–Crippen MR) is 135 cm³/mol. The van der Waals surface area contributed by atoms with E-state index in [2.05, 4.69) is 77.9 Å². The van der Waals surface area contributed by atoms with Gasteiger partial charge in [-0.3, -0.25) is 6.08 Å². The van der Waals surface area contributed by atoms with Gasteiger partial charge in [-0.25, -0.2) is 5.57 Å². The number of halogens is 2. The van der Waals surface area contributed by atoms with Crippen LogP contribution < -0.4 is 0 Å². The molecule has 164 valence electrons. The Labute approximate surface area is 212 Å². The zero-order chi connectivity index (χ0) is 19.3. The Morgan fingerprint density at radius 3 is 2.07 bits per heavy atom. The molecular weight excluding hydrogens is 506 g/mol. The second kappa shape index (κ2) is 16.0. The molecule has 1 nitrogen and oxygen atoms in total. The van der Waals surface area contributed by atoms with E-state index in [4.69, 9.17) is 4.42 Å². The van der Waals surface area contributed by atoms with Gasteiger partial charge in [0.25, 0.3) is 0 Å². The molecule has 2 aromatic carbocycles. The predicted octanol–water partition coefficient (Wildman–Crippen LogP) is 8.21. The maximum atomic E-state index is 5.44. The number of fused-ring (bicyclic) bond motifs is 1. The summed E-state index contributed by atoms with van der Waals surface area (Å²) in [4.78, 5) is 0. The summed E-state index contributed by atoms with van der Waals surface area (Å²) in [5.74, 6) is 1.50. The quantitative estimate of drug-likeness (QED) is 0.225. The molecular formula is C25H32Cl2OSiZr-4. The van der Waals surface area contributed by atoms with Gasteiger partial charge in [0.05, 0.1) is 6.26 Å². The molecule has 5 heteroatoms. The Hall–Kier alpha value is -0.730. The minimum atomic E-state index is 0. The van der Waals surface area contributed by atoms with Crippen molar-refractivity contribution in [1.82, 2.24) is 0 Å². The summed E-state index contributed by atoms with van der Waals surface area (Å²) in [5.41, 5.74) is 6.71. The van der Waals surface area contributed by atoms with Gasteiger partial charge in [0.1, 0.15) is 5.76 Å². The number of furan rings is 1. The average Bonchev–Trinajstić information content (AvgIpc) is 3.34. The number of aryl methyl sites for hydroxylation is 1. The Morgan fingerprint density at radius 2 is 1.63 bits per heavy atom. The van der Waals surface area contributed by atoms with Gasteiger partial charge in [-0.05, 0) is 17.7 Å². The number of allylic oxidation sites excluding steroid dienone is 4. The van der Waals surface area contributed by atoms with Crippen molar-refractivity contribution in [2.24, 2.45) is 5.92 Å². The zero-order valence-electron chi connectivity index (χ0n) is 18.9. The van der Waals surface area contributed by atoms with Gasteiger partial charge in [-0.15, -0.1) is 66.3 Å². The molecule has 3 aromatic rings. The molecule has 1 aliphatic carbocycles. The van der Waals surface area contributed by atoms with E-state index in [1.165, 1.54) is 62.0 Å². The fourth-order valence-corrected chi connectivity index (χ4v) is 3.19. The molecule has 0 spiro atoms. The van der Waals surface area contributed by atoms with Crippen molar-refractivity contribution in [2.75, 3.05) is 0 Å². The molecule has 0 saturated heterocycles. The summed E-state index contributed by atoms with van der Waals surface area (Å²) in [5, 5.41) is 2.55. The molecule has 0 amide bonds. The maximum absolute atomic E-state index is 5.44. The van der Waals surface area contributed by atoms with Crippen molar-refractivity contribution in [3.63, 3.8) is 0 Å². The molecule has 0 N–H and O–H groups in total. The Kier molecular flexibility index (Phi) is 18.1. The second-order valence-corrected chi connectivity index (χ2v) is 6.62. The van der Waals surface area contributed by atoms with E-state index in [-0.39, 0.29) is 39.7 Å². The first-order chi connectivity index (χ1) is 12.5. The topological polar surface area (TPSA) is 13.1 Å². The van der Waals surface area contributed by atoms with Crippen molar-refractivity contribution < 1.29 is 27.8 Å². The first-order valence-corrected chi connectivity index (χ1v) is 12.9. The second-order valence-electron chi connectivity index (χ2n) is 6.62. The number of hydrogen-bond donors (Lipinski definition) is 0. The van der Waals surface area contributed by atoms with Crippen LogP contribution in [0, 0.1) is 33.8 Å². The van der Waals surface area contributed by atoms with E-state index < -0.39 is 0 Å². The Morgan fingerprint density at radius 1 is 1.00 bits per heavy atom. The van der Waals surface area contributed by atoms with Gasteiger partial charge in [0.2, 0.25) is 0 Å². The summed E-state index contributed by atoms with van der Waals surface area (Å²) in [7, 11) is 0. The summed E-state index contributed by atoms with van der Waals surface area (Å²) < 4.78 is 5.44. The van der Waals surface area contributed by atoms with Crippen LogP contribution in [0.5, 0.6) is 0 Å². The molecule has 1 aromatic heterocycles. The molecule has 0 bridgehead atoms. The Bertz CT molecular complexity index is 939. The van der Waals surface area contributed by atoms with Crippen LogP contribution >= 0.6 is 24.8 Å². The van der Waals surface area contributed by atoms with Crippen LogP contribution in [0.3, 0.4) is 0 Å². The molecule has 2 radical (unpaired) electrons. The fraction of sp³-hybridized carbons (Fsp3) is 0.240. The zero-order valence-corrected chi connectivity index (χ0v) is 24.0. The first kappa shape index (κ1) is 33.9. The van der Waals surface area contributed by atoms with E-state index in [1.54, 1.807) is 6.26 Å². The van der Waals surface area contributed by atoms with Crippen LogP contribution in [0.15, 0.2) is 69.9 Å². The summed E-state index contributed by atoms with van der Waals surface area (Å²) in [6.07, 6.45) is 5.07. The van der Waals surface area contributed by atoms with E-state index in [0.29, 0.717) is 5.92 Å². The van der Waals surface area contributed by atoms with E-state index in [9.17, 15) is 0 Å². The van der Waals surface area contributed by atoms with Crippen molar-refractivity contribution in [2.45, 2.75) is 34.6 Å². The van der Waals surface area contributed by atoms with Gasteiger partial charge >= 0.3 is 30.2 Å². The molecule has 1 heterocycles. The average molecular weight is 539 g/mol. The van der Waals surface area contributed by atoms with Crippen molar-refractivity contribution in [1.29, 1.82) is 0 Å². The molecule has 1 atom stereocenters. The van der Waals surface area contributed by atoms with Crippen LogP contribution in [-0.4, -0.2) is 6.88 Å². The van der Waals surface area contributed by atoms with E-state index >= 15 is 0 Å². The van der Waals surface area contributed by atoms with E-state index in [0.717, 1.165) is 5.76 Å². The summed E-state index contributed by atoms with van der Waals surface area (Å²) in [6.45, 7) is 13.8. The monoisotopic (exact) mass is 536 g/mol. The molecule has 0 fully saturated rings. The van der Waals surface area contributed by atoms with Gasteiger partial charge in [-0.1, -0.05) is 39.7 Å². The number of hydrogen-bond acceptors (Lipinski definition) is 1. The summed E-state index contributed by atoms with van der Waals surface area (Å²) in [6, 6.07) is 14.6. The third kappa shape index (κ3) is 8.08. The fourth-order valence-electron chi connectivity index (χ4n) is 3.19. The minimum absolute atomic E-state index is 0. The summed E-state index contributed by atoms with van der Waals surface area (Å²) >= 11 is 1.36. The SMILES string of the molecule is CC1=[C-]C(C)C(C)=C1C.Cc1cc2c(-c3ccco3)cccc2[cH-]1.Cl.Cl.[CH3-].[CH3-].[Si]=[Zr]. The molecule has 0 saturated carbocycles. The molecule has 1 unspecified atom stereocenters. The molecule has 4 rings (SSSR count). The Balaban J connectivity index is -0.000000431. The standard InChI is InChI=1S/C14H11O.C9H13.2CH3.2ClH.Si.Zr/c1-10-8-11-4-2-5-12(13(11)9-10)14-6-3-7-15-14;1-6-5-7(2)9(4)8(6)3;;;;;;/h2-9H,1H3;6H,1-4H3;2*1H3;2*1H;;/q4*-1;;;;. The van der Waals surface area contributed by atoms with Crippen LogP contribution in [0.2, 0.25) is 0 Å². The van der Waals surface area contributed by atoms with Gasteiger partial charge in [0, 0.05) is 0 Å². The normalized spacial score (nSPS) is 13.7. The first-order valence-electron chi connectivity index (χ1n) is 8.70. The van der Waals surface area contributed by atoms with Crippen molar-refractivity contribution in [3.05, 3.63) is 91.9 Å². The van der Waals surface area contributed by atoms with Crippen molar-refractivity contribution >= 4 is 42.5 Å². The van der Waals surface area contributed by atoms with Crippen molar-refractivity contribution in [3.8, 4) is 11.3 Å². The molecule has 0 aliphatic heterocycles. The third-order valence-electron chi connectivity index (χ3n) is 4.92.